The molecule has 1 fully saturated rings. The van der Waals surface area contributed by atoms with Gasteiger partial charge < -0.3 is 10.4 Å². The molecular formula is C14H17F3N4O4. The number of aromatic nitrogens is 1. The summed E-state index contributed by atoms with van der Waals surface area (Å²) in [4.78, 5) is 25.8. The molecule has 0 atom stereocenters. The molecule has 0 radical (unpaired) electrons. The Labute approximate surface area is 140 Å². The molecule has 1 aliphatic carbocycles. The second-order valence-corrected chi connectivity index (χ2v) is 5.76. The van der Waals surface area contributed by atoms with Crippen molar-refractivity contribution in [2.75, 3.05) is 18.4 Å². The third-order valence-electron chi connectivity index (χ3n) is 4.10. The normalized spacial score (nSPS) is 20.2. The Morgan fingerprint density at radius 3 is 2.64 bits per heavy atom. The lowest BCUT2D eigenvalue weighted by Crippen LogP contribution is -2.51. The van der Waals surface area contributed by atoms with Crippen molar-refractivity contribution in [3.8, 4) is 0 Å². The van der Waals surface area contributed by atoms with Crippen molar-refractivity contribution in [1.29, 1.82) is 0 Å². The maximum Gasteiger partial charge on any atom is 0.433 e. The van der Waals surface area contributed by atoms with Crippen molar-refractivity contribution in [2.45, 2.75) is 38.0 Å². The molecule has 0 bridgehead atoms. The SMILES string of the molecule is CCN(CC(=O)O)C1CC(Nc2cc(C(F)(F)F)ncc2[N+](=O)[O-])C1. The smallest absolute Gasteiger partial charge is 0.433 e. The number of anilines is 1. The number of hydrogen-bond acceptors (Lipinski definition) is 6. The highest BCUT2D eigenvalue weighted by atomic mass is 19.4. The summed E-state index contributed by atoms with van der Waals surface area (Å²) < 4.78 is 38.2. The highest BCUT2D eigenvalue weighted by molar-refractivity contribution is 5.69. The Bertz CT molecular complexity index is 662. The van der Waals surface area contributed by atoms with E-state index in [2.05, 4.69) is 10.3 Å². The summed E-state index contributed by atoms with van der Waals surface area (Å²) in [6, 6.07) is 0.330. The van der Waals surface area contributed by atoms with E-state index in [4.69, 9.17) is 5.11 Å². The third kappa shape index (κ3) is 4.56. The topological polar surface area (TPSA) is 109 Å². The van der Waals surface area contributed by atoms with Crippen molar-refractivity contribution in [2.24, 2.45) is 0 Å². The van der Waals surface area contributed by atoms with E-state index in [0.717, 1.165) is 0 Å². The average Bonchev–Trinajstić information content (AvgIpc) is 2.47. The lowest BCUT2D eigenvalue weighted by atomic mass is 9.85. The zero-order valence-electron chi connectivity index (χ0n) is 13.3. The molecule has 0 aromatic carbocycles. The van der Waals surface area contributed by atoms with Crippen LogP contribution >= 0.6 is 0 Å². The minimum atomic E-state index is -4.70. The summed E-state index contributed by atoms with van der Waals surface area (Å²) in [5, 5.41) is 22.6. The first kappa shape index (κ1) is 18.9. The number of carboxylic acid groups (broad SMARTS) is 1. The molecule has 138 valence electrons. The molecule has 0 spiro atoms. The van der Waals surface area contributed by atoms with Crippen molar-refractivity contribution in [3.63, 3.8) is 0 Å². The number of rotatable bonds is 7. The van der Waals surface area contributed by atoms with Crippen LogP contribution in [-0.2, 0) is 11.0 Å². The van der Waals surface area contributed by atoms with Crippen molar-refractivity contribution >= 4 is 17.3 Å². The number of halogens is 3. The summed E-state index contributed by atoms with van der Waals surface area (Å²) in [7, 11) is 0. The molecule has 1 saturated carbocycles. The Morgan fingerprint density at radius 2 is 2.16 bits per heavy atom. The molecule has 1 aromatic heterocycles. The number of nitrogens with zero attached hydrogens (tertiary/aromatic N) is 3. The summed E-state index contributed by atoms with van der Waals surface area (Å²) in [5.41, 5.74) is -1.98. The lowest BCUT2D eigenvalue weighted by molar-refractivity contribution is -0.384. The van der Waals surface area contributed by atoms with Crippen molar-refractivity contribution in [3.05, 3.63) is 28.1 Å². The van der Waals surface area contributed by atoms with E-state index >= 15 is 0 Å². The number of likely N-dealkylation sites (N-methyl/N-ethyl adjacent to an activating group) is 1. The van der Waals surface area contributed by atoms with Gasteiger partial charge in [0.15, 0.2) is 0 Å². The van der Waals surface area contributed by atoms with Gasteiger partial charge >= 0.3 is 17.8 Å². The predicted molar refractivity (Wildman–Crippen MR) is 81.2 cm³/mol. The highest BCUT2D eigenvalue weighted by Gasteiger charge is 2.37. The average molecular weight is 362 g/mol. The van der Waals surface area contributed by atoms with Gasteiger partial charge in [0.1, 0.15) is 17.6 Å². The molecule has 2 N–H and O–H groups in total. The second-order valence-electron chi connectivity index (χ2n) is 5.76. The van der Waals surface area contributed by atoms with Gasteiger partial charge in [0.2, 0.25) is 0 Å². The minimum absolute atomic E-state index is 0.0263. The fourth-order valence-corrected chi connectivity index (χ4v) is 2.76. The molecular weight excluding hydrogens is 345 g/mol. The molecule has 25 heavy (non-hydrogen) atoms. The molecule has 11 heteroatoms. The number of nitrogens with one attached hydrogen (secondary N) is 1. The van der Waals surface area contributed by atoms with Crippen LogP contribution in [0.1, 0.15) is 25.5 Å². The van der Waals surface area contributed by atoms with Crippen LogP contribution in [0.25, 0.3) is 0 Å². The van der Waals surface area contributed by atoms with Gasteiger partial charge in [-0.3, -0.25) is 19.8 Å². The molecule has 1 aromatic rings. The summed E-state index contributed by atoms with van der Waals surface area (Å²) in [5.74, 6) is -0.960. The summed E-state index contributed by atoms with van der Waals surface area (Å²) in [6.07, 6.45) is -3.14. The van der Waals surface area contributed by atoms with E-state index in [1.54, 1.807) is 4.90 Å². The van der Waals surface area contributed by atoms with Crippen LogP contribution in [0, 0.1) is 10.1 Å². The van der Waals surface area contributed by atoms with Crippen molar-refractivity contribution in [1.82, 2.24) is 9.88 Å². The maximum atomic E-state index is 12.7. The molecule has 0 aliphatic heterocycles. The van der Waals surface area contributed by atoms with Gasteiger partial charge in [-0.05, 0) is 25.5 Å². The molecule has 2 rings (SSSR count). The van der Waals surface area contributed by atoms with E-state index < -0.39 is 28.5 Å². The van der Waals surface area contributed by atoms with Gasteiger partial charge in [0, 0.05) is 12.1 Å². The second kappa shape index (κ2) is 7.21. The standard InChI is InChI=1S/C14H17F3N4O4/c1-2-20(7-13(22)23)9-3-8(4-9)19-10-5-12(14(15,16)17)18-6-11(10)21(24)25/h5-6,8-9H,2-4,7H2,1H3,(H,18,19)(H,22,23). The first-order chi connectivity index (χ1) is 11.6. The van der Waals surface area contributed by atoms with Gasteiger partial charge in [-0.25, -0.2) is 4.98 Å². The first-order valence-corrected chi connectivity index (χ1v) is 7.55. The zero-order valence-corrected chi connectivity index (χ0v) is 13.3. The van der Waals surface area contributed by atoms with E-state index in [0.29, 0.717) is 31.6 Å². The monoisotopic (exact) mass is 362 g/mol. The van der Waals surface area contributed by atoms with Crippen LogP contribution in [-0.4, -0.2) is 51.1 Å². The fourth-order valence-electron chi connectivity index (χ4n) is 2.76. The number of alkyl halides is 3. The minimum Gasteiger partial charge on any atom is -0.480 e. The number of aliphatic carboxylic acids is 1. The van der Waals surface area contributed by atoms with Crippen LogP contribution in [0.2, 0.25) is 0 Å². The number of carbonyl (C=O) groups is 1. The number of hydrogen-bond donors (Lipinski definition) is 2. The Balaban J connectivity index is 2.08. The number of pyridine rings is 1. The maximum absolute atomic E-state index is 12.7. The van der Waals surface area contributed by atoms with E-state index in [-0.39, 0.29) is 24.3 Å². The molecule has 8 nitrogen and oxygen atoms in total. The number of nitro groups is 1. The van der Waals surface area contributed by atoms with Gasteiger partial charge in [-0.15, -0.1) is 0 Å². The van der Waals surface area contributed by atoms with Gasteiger partial charge in [-0.2, -0.15) is 13.2 Å². The molecule has 0 unspecified atom stereocenters. The summed E-state index contributed by atoms with van der Waals surface area (Å²) in [6.45, 7) is 2.21. The Hall–Kier alpha value is -2.43. The fraction of sp³-hybridized carbons (Fsp3) is 0.571. The quantitative estimate of drug-likeness (QED) is 0.566. The van der Waals surface area contributed by atoms with Crippen LogP contribution < -0.4 is 5.32 Å². The Kier molecular flexibility index (Phi) is 5.45. The first-order valence-electron chi connectivity index (χ1n) is 7.55. The predicted octanol–water partition coefficient (Wildman–Crippen LogP) is 2.36. The van der Waals surface area contributed by atoms with E-state index in [9.17, 15) is 28.1 Å². The van der Waals surface area contributed by atoms with Gasteiger partial charge in [-0.1, -0.05) is 6.92 Å². The highest BCUT2D eigenvalue weighted by Crippen LogP contribution is 2.35. The van der Waals surface area contributed by atoms with Crippen LogP contribution in [0.4, 0.5) is 24.5 Å². The van der Waals surface area contributed by atoms with Gasteiger partial charge in [0.25, 0.3) is 0 Å². The molecule has 0 saturated heterocycles. The van der Waals surface area contributed by atoms with Crippen LogP contribution in [0.5, 0.6) is 0 Å². The number of carboxylic acids is 1. The van der Waals surface area contributed by atoms with E-state index in [1.165, 1.54) is 0 Å². The van der Waals surface area contributed by atoms with E-state index in [1.807, 2.05) is 6.92 Å². The largest absolute Gasteiger partial charge is 0.480 e. The van der Waals surface area contributed by atoms with Crippen LogP contribution in [0.15, 0.2) is 12.3 Å². The zero-order chi connectivity index (χ0) is 18.8. The third-order valence-corrected chi connectivity index (χ3v) is 4.10. The summed E-state index contributed by atoms with van der Waals surface area (Å²) >= 11 is 0. The lowest BCUT2D eigenvalue weighted by Gasteiger charge is -2.42. The van der Waals surface area contributed by atoms with Crippen LogP contribution in [0.3, 0.4) is 0 Å². The van der Waals surface area contributed by atoms with Gasteiger partial charge in [0.05, 0.1) is 11.5 Å². The molecule has 1 heterocycles. The Morgan fingerprint density at radius 1 is 1.52 bits per heavy atom. The molecule has 1 aliphatic rings. The van der Waals surface area contributed by atoms with Crippen molar-refractivity contribution < 1.29 is 28.0 Å². The molecule has 0 amide bonds.